The lowest BCUT2D eigenvalue weighted by Gasteiger charge is -1.98. The fourth-order valence-corrected chi connectivity index (χ4v) is 2.18. The normalized spacial score (nSPS) is 13.6. The number of hydrogen-bond donors (Lipinski definition) is 1. The highest BCUT2D eigenvalue weighted by atomic mass is 16.4. The van der Waals surface area contributed by atoms with Crippen LogP contribution in [0.15, 0.2) is 30.5 Å². The summed E-state index contributed by atoms with van der Waals surface area (Å²) in [7, 11) is 0. The first-order chi connectivity index (χ1) is 8.24. The SMILES string of the molecule is O=C(O)c1ccc(-c2cn3c(n2)CCC3)cc1. The highest BCUT2D eigenvalue weighted by molar-refractivity contribution is 5.88. The number of imidazole rings is 1. The van der Waals surface area contributed by atoms with E-state index in [1.165, 1.54) is 6.42 Å². The van der Waals surface area contributed by atoms with Crippen molar-refractivity contribution in [2.75, 3.05) is 0 Å². The lowest BCUT2D eigenvalue weighted by atomic mass is 10.1. The van der Waals surface area contributed by atoms with Crippen LogP contribution in [0.4, 0.5) is 0 Å². The second-order valence-electron chi connectivity index (χ2n) is 4.22. The van der Waals surface area contributed by atoms with Gasteiger partial charge >= 0.3 is 5.97 Å². The van der Waals surface area contributed by atoms with E-state index in [0.29, 0.717) is 5.56 Å². The molecule has 1 aliphatic heterocycles. The number of nitrogens with zero attached hydrogens (tertiary/aromatic N) is 2. The molecule has 1 aromatic heterocycles. The fourth-order valence-electron chi connectivity index (χ4n) is 2.18. The van der Waals surface area contributed by atoms with Gasteiger partial charge in [0.15, 0.2) is 0 Å². The molecule has 0 fully saturated rings. The molecule has 0 radical (unpaired) electrons. The Bertz CT molecular complexity index is 548. The van der Waals surface area contributed by atoms with Gasteiger partial charge in [0, 0.05) is 24.7 Å². The molecule has 0 amide bonds. The van der Waals surface area contributed by atoms with E-state index in [2.05, 4.69) is 9.55 Å². The Morgan fingerprint density at radius 1 is 1.29 bits per heavy atom. The average molecular weight is 228 g/mol. The molecule has 1 N–H and O–H groups in total. The molecular weight excluding hydrogens is 216 g/mol. The minimum Gasteiger partial charge on any atom is -0.478 e. The van der Waals surface area contributed by atoms with E-state index in [1.54, 1.807) is 12.1 Å². The first-order valence-corrected chi connectivity index (χ1v) is 5.64. The van der Waals surface area contributed by atoms with Crippen LogP contribution in [0.3, 0.4) is 0 Å². The molecule has 0 saturated heterocycles. The van der Waals surface area contributed by atoms with Gasteiger partial charge in [0.25, 0.3) is 0 Å². The summed E-state index contributed by atoms with van der Waals surface area (Å²) in [6, 6.07) is 6.84. The van der Waals surface area contributed by atoms with Crippen LogP contribution >= 0.6 is 0 Å². The summed E-state index contributed by atoms with van der Waals surface area (Å²) >= 11 is 0. The quantitative estimate of drug-likeness (QED) is 0.857. The molecule has 0 spiro atoms. The van der Waals surface area contributed by atoms with Crippen LogP contribution in [0.5, 0.6) is 0 Å². The number of fused-ring (bicyclic) bond motifs is 1. The highest BCUT2D eigenvalue weighted by Gasteiger charge is 2.14. The number of aryl methyl sites for hydroxylation is 2. The number of carbonyl (C=O) groups is 1. The van der Waals surface area contributed by atoms with Gasteiger partial charge in [0.2, 0.25) is 0 Å². The van der Waals surface area contributed by atoms with Gasteiger partial charge in [0.1, 0.15) is 5.82 Å². The van der Waals surface area contributed by atoms with Gasteiger partial charge in [0.05, 0.1) is 11.3 Å². The summed E-state index contributed by atoms with van der Waals surface area (Å²) in [5.41, 5.74) is 2.20. The Morgan fingerprint density at radius 2 is 2.06 bits per heavy atom. The van der Waals surface area contributed by atoms with Gasteiger partial charge in [-0.3, -0.25) is 0 Å². The van der Waals surface area contributed by atoms with Gasteiger partial charge in [-0.2, -0.15) is 0 Å². The number of benzene rings is 1. The topological polar surface area (TPSA) is 55.1 Å². The average Bonchev–Trinajstić information content (AvgIpc) is 2.89. The van der Waals surface area contributed by atoms with Gasteiger partial charge in [-0.1, -0.05) is 12.1 Å². The van der Waals surface area contributed by atoms with Crippen molar-refractivity contribution in [2.24, 2.45) is 0 Å². The van der Waals surface area contributed by atoms with E-state index in [9.17, 15) is 4.79 Å². The van der Waals surface area contributed by atoms with Crippen molar-refractivity contribution in [3.63, 3.8) is 0 Å². The highest BCUT2D eigenvalue weighted by Crippen LogP contribution is 2.23. The number of aromatic carboxylic acids is 1. The molecule has 4 nitrogen and oxygen atoms in total. The minimum absolute atomic E-state index is 0.306. The maximum atomic E-state index is 10.7. The lowest BCUT2D eigenvalue weighted by molar-refractivity contribution is 0.0697. The monoisotopic (exact) mass is 228 g/mol. The minimum atomic E-state index is -0.899. The van der Waals surface area contributed by atoms with Gasteiger partial charge in [-0.25, -0.2) is 9.78 Å². The Labute approximate surface area is 98.5 Å². The number of hydrogen-bond acceptors (Lipinski definition) is 2. The zero-order chi connectivity index (χ0) is 11.8. The molecule has 0 bridgehead atoms. The van der Waals surface area contributed by atoms with Crippen molar-refractivity contribution in [1.29, 1.82) is 0 Å². The summed E-state index contributed by atoms with van der Waals surface area (Å²) in [6.45, 7) is 1.04. The fraction of sp³-hybridized carbons (Fsp3) is 0.231. The number of carboxylic acids is 1. The van der Waals surface area contributed by atoms with E-state index in [1.807, 2.05) is 18.3 Å². The predicted molar refractivity (Wildman–Crippen MR) is 62.9 cm³/mol. The summed E-state index contributed by atoms with van der Waals surface area (Å²) in [5, 5.41) is 8.82. The van der Waals surface area contributed by atoms with Gasteiger partial charge in [-0.05, 0) is 18.6 Å². The second-order valence-corrected chi connectivity index (χ2v) is 4.22. The zero-order valence-electron chi connectivity index (χ0n) is 9.26. The Kier molecular flexibility index (Phi) is 2.21. The molecule has 17 heavy (non-hydrogen) atoms. The van der Waals surface area contributed by atoms with Crippen LogP contribution in [0.25, 0.3) is 11.3 Å². The molecule has 0 atom stereocenters. The number of rotatable bonds is 2. The molecular formula is C13H12N2O2. The largest absolute Gasteiger partial charge is 0.478 e. The molecule has 3 rings (SSSR count). The van der Waals surface area contributed by atoms with Crippen molar-refractivity contribution < 1.29 is 9.90 Å². The van der Waals surface area contributed by atoms with E-state index in [-0.39, 0.29) is 0 Å². The molecule has 4 heteroatoms. The second kappa shape index (κ2) is 3.73. The van der Waals surface area contributed by atoms with Crippen molar-refractivity contribution in [2.45, 2.75) is 19.4 Å². The molecule has 2 aromatic rings. The number of aromatic nitrogens is 2. The van der Waals surface area contributed by atoms with Gasteiger partial charge in [-0.15, -0.1) is 0 Å². The molecule has 2 heterocycles. The third kappa shape index (κ3) is 1.71. The van der Waals surface area contributed by atoms with Crippen LogP contribution in [-0.4, -0.2) is 20.6 Å². The lowest BCUT2D eigenvalue weighted by Crippen LogP contribution is -1.95. The molecule has 0 aliphatic carbocycles. The van der Waals surface area contributed by atoms with Crippen LogP contribution in [0.2, 0.25) is 0 Å². The summed E-state index contributed by atoms with van der Waals surface area (Å²) in [6.07, 6.45) is 4.24. The Balaban J connectivity index is 1.95. The van der Waals surface area contributed by atoms with Crippen molar-refractivity contribution in [3.05, 3.63) is 41.9 Å². The standard InChI is InChI=1S/C13H12N2O2/c16-13(17)10-5-3-9(4-6-10)11-8-15-7-1-2-12(15)14-11/h3-6,8H,1-2,7H2,(H,16,17). The van der Waals surface area contributed by atoms with Crippen LogP contribution in [0, 0.1) is 0 Å². The summed E-state index contributed by atoms with van der Waals surface area (Å²) in [5.74, 6) is 0.228. The predicted octanol–water partition coefficient (Wildman–Crippen LogP) is 2.19. The van der Waals surface area contributed by atoms with Gasteiger partial charge < -0.3 is 9.67 Å². The molecule has 1 aliphatic rings. The van der Waals surface area contributed by atoms with E-state index in [4.69, 9.17) is 5.11 Å². The van der Waals surface area contributed by atoms with Crippen molar-refractivity contribution >= 4 is 5.97 Å². The molecule has 0 unspecified atom stereocenters. The molecule has 86 valence electrons. The first kappa shape index (κ1) is 10.1. The van der Waals surface area contributed by atoms with Crippen LogP contribution < -0.4 is 0 Å². The molecule has 0 saturated carbocycles. The maximum Gasteiger partial charge on any atom is 0.335 e. The van der Waals surface area contributed by atoms with Crippen LogP contribution in [-0.2, 0) is 13.0 Å². The zero-order valence-corrected chi connectivity index (χ0v) is 9.26. The number of carboxylic acid groups (broad SMARTS) is 1. The third-order valence-corrected chi connectivity index (χ3v) is 3.09. The van der Waals surface area contributed by atoms with E-state index >= 15 is 0 Å². The Hall–Kier alpha value is -2.10. The summed E-state index contributed by atoms with van der Waals surface area (Å²) < 4.78 is 2.17. The van der Waals surface area contributed by atoms with Crippen LogP contribution in [0.1, 0.15) is 22.6 Å². The Morgan fingerprint density at radius 3 is 2.71 bits per heavy atom. The van der Waals surface area contributed by atoms with Crippen molar-refractivity contribution in [3.8, 4) is 11.3 Å². The third-order valence-electron chi connectivity index (χ3n) is 3.09. The molecule has 1 aromatic carbocycles. The maximum absolute atomic E-state index is 10.7. The van der Waals surface area contributed by atoms with E-state index in [0.717, 1.165) is 30.0 Å². The van der Waals surface area contributed by atoms with E-state index < -0.39 is 5.97 Å². The van der Waals surface area contributed by atoms with Crippen molar-refractivity contribution in [1.82, 2.24) is 9.55 Å². The first-order valence-electron chi connectivity index (χ1n) is 5.64. The summed E-state index contributed by atoms with van der Waals surface area (Å²) in [4.78, 5) is 15.3. The smallest absolute Gasteiger partial charge is 0.335 e.